The van der Waals surface area contributed by atoms with Gasteiger partial charge in [-0.15, -0.1) is 0 Å². The number of hydrogen-bond donors (Lipinski definition) is 3. The second-order valence-corrected chi connectivity index (χ2v) is 4.35. The summed E-state index contributed by atoms with van der Waals surface area (Å²) in [4.78, 5) is 11.3. The second-order valence-electron chi connectivity index (χ2n) is 3.96. The molecule has 0 heterocycles. The molecule has 0 atom stereocenters. The molecule has 20 heavy (non-hydrogen) atoms. The number of anilines is 1. The average molecular weight is 291 g/mol. The van der Waals surface area contributed by atoms with Gasteiger partial charge in [-0.3, -0.25) is 0 Å². The Kier molecular flexibility index (Phi) is 4.49. The highest BCUT2D eigenvalue weighted by Crippen LogP contribution is 2.32. The molecule has 0 saturated heterocycles. The monoisotopic (exact) mass is 291 g/mol. The Balaban J connectivity index is 2.53. The smallest absolute Gasteiger partial charge is 0.337 e. The molecule has 0 saturated carbocycles. The Bertz CT molecular complexity index is 630. The van der Waals surface area contributed by atoms with Crippen LogP contribution in [0.5, 0.6) is 5.75 Å². The van der Waals surface area contributed by atoms with Gasteiger partial charge in [0.15, 0.2) is 0 Å². The normalized spacial score (nSPS) is 10.1. The van der Waals surface area contributed by atoms with Crippen LogP contribution in [0, 0.1) is 0 Å². The summed E-state index contributed by atoms with van der Waals surface area (Å²) in [6, 6.07) is 12.3. The van der Waals surface area contributed by atoms with Crippen molar-refractivity contribution >= 4 is 23.9 Å². The number of ether oxygens (including phenoxy) is 1. The van der Waals surface area contributed by atoms with Crippen molar-refractivity contribution in [3.63, 3.8) is 0 Å². The number of carboxylic acids is 1. The first-order valence-corrected chi connectivity index (χ1v) is 6.52. The summed E-state index contributed by atoms with van der Waals surface area (Å²) >= 11 is 0.358. The summed E-state index contributed by atoms with van der Waals surface area (Å²) in [6.07, 6.45) is 0. The number of carbonyl (C=O) groups is 1. The first kappa shape index (κ1) is 14.2. The molecular weight excluding hydrogens is 278 g/mol. The lowest BCUT2D eigenvalue weighted by molar-refractivity contribution is 0.0698. The van der Waals surface area contributed by atoms with Crippen LogP contribution < -0.4 is 9.46 Å². The number of nitrogens with one attached hydrogen (secondary N) is 1. The van der Waals surface area contributed by atoms with E-state index in [1.165, 1.54) is 0 Å². The Morgan fingerprint density at radius 1 is 1.25 bits per heavy atom. The number of para-hydroxylation sites is 1. The van der Waals surface area contributed by atoms with Gasteiger partial charge in [-0.1, -0.05) is 24.3 Å². The van der Waals surface area contributed by atoms with Crippen molar-refractivity contribution in [1.29, 1.82) is 0 Å². The average Bonchev–Trinajstić information content (AvgIpc) is 2.47. The Morgan fingerprint density at radius 3 is 2.65 bits per heavy atom. The number of rotatable bonds is 5. The van der Waals surface area contributed by atoms with E-state index in [-0.39, 0.29) is 5.56 Å². The molecule has 104 valence electrons. The molecule has 0 aliphatic carbocycles. The van der Waals surface area contributed by atoms with Crippen LogP contribution in [0.1, 0.15) is 10.4 Å². The summed E-state index contributed by atoms with van der Waals surface area (Å²) < 4.78 is 16.6. The highest BCUT2D eigenvalue weighted by Gasteiger charge is 2.13. The third kappa shape index (κ3) is 2.87. The minimum absolute atomic E-state index is 0.0787. The van der Waals surface area contributed by atoms with E-state index in [0.717, 1.165) is 11.1 Å². The highest BCUT2D eigenvalue weighted by atomic mass is 32.2. The van der Waals surface area contributed by atoms with E-state index in [9.17, 15) is 9.90 Å². The third-order valence-corrected chi connectivity index (χ3v) is 3.13. The predicted octanol–water partition coefficient (Wildman–Crippen LogP) is 3.59. The summed E-state index contributed by atoms with van der Waals surface area (Å²) in [6.45, 7) is 0. The van der Waals surface area contributed by atoms with Gasteiger partial charge < -0.3 is 19.1 Å². The van der Waals surface area contributed by atoms with Crippen molar-refractivity contribution in [1.82, 2.24) is 0 Å². The quantitative estimate of drug-likeness (QED) is 0.577. The molecule has 0 fully saturated rings. The van der Waals surface area contributed by atoms with E-state index in [1.807, 2.05) is 24.3 Å². The molecular formula is C14H13NO4S. The molecule has 0 amide bonds. The highest BCUT2D eigenvalue weighted by molar-refractivity contribution is 7.95. The molecule has 2 aromatic rings. The molecule has 2 aromatic carbocycles. The van der Waals surface area contributed by atoms with Crippen molar-refractivity contribution in [2.75, 3.05) is 11.8 Å². The van der Waals surface area contributed by atoms with Crippen LogP contribution in [-0.4, -0.2) is 22.7 Å². The maximum absolute atomic E-state index is 11.3. The number of aromatic carboxylic acids is 1. The van der Waals surface area contributed by atoms with Gasteiger partial charge in [0.1, 0.15) is 18.0 Å². The summed E-state index contributed by atoms with van der Waals surface area (Å²) in [5, 5.41) is 9.23. The summed E-state index contributed by atoms with van der Waals surface area (Å²) in [5.74, 6) is -0.403. The van der Waals surface area contributed by atoms with Crippen LogP contribution in [0.4, 0.5) is 5.69 Å². The van der Waals surface area contributed by atoms with E-state index in [0.29, 0.717) is 23.7 Å². The molecule has 2 rings (SSSR count). The topological polar surface area (TPSA) is 78.8 Å². The minimum Gasteiger partial charge on any atom is -0.496 e. The molecule has 0 bridgehead atoms. The molecule has 6 heteroatoms. The van der Waals surface area contributed by atoms with Gasteiger partial charge in [-0.05, 0) is 23.8 Å². The van der Waals surface area contributed by atoms with Gasteiger partial charge in [0.25, 0.3) is 0 Å². The van der Waals surface area contributed by atoms with Gasteiger partial charge >= 0.3 is 5.97 Å². The number of benzene rings is 2. The van der Waals surface area contributed by atoms with E-state index >= 15 is 0 Å². The van der Waals surface area contributed by atoms with Gasteiger partial charge in [0.2, 0.25) is 0 Å². The fourth-order valence-electron chi connectivity index (χ4n) is 1.91. The molecule has 0 radical (unpaired) electrons. The van der Waals surface area contributed by atoms with Crippen molar-refractivity contribution < 1.29 is 19.2 Å². The predicted molar refractivity (Wildman–Crippen MR) is 79.2 cm³/mol. The lowest BCUT2D eigenvalue weighted by atomic mass is 10.0. The van der Waals surface area contributed by atoms with Crippen molar-refractivity contribution in [2.24, 2.45) is 0 Å². The molecule has 0 spiro atoms. The molecule has 0 aromatic heterocycles. The largest absolute Gasteiger partial charge is 0.496 e. The van der Waals surface area contributed by atoms with Gasteiger partial charge in [-0.25, -0.2) is 4.79 Å². The lowest BCUT2D eigenvalue weighted by Gasteiger charge is -2.11. The van der Waals surface area contributed by atoms with Crippen LogP contribution in [0.25, 0.3) is 11.1 Å². The van der Waals surface area contributed by atoms with Crippen LogP contribution in [0.3, 0.4) is 0 Å². The fraction of sp³-hybridized carbons (Fsp3) is 0.0714. The number of hydrogen-bond acceptors (Lipinski definition) is 5. The zero-order chi connectivity index (χ0) is 14.5. The summed E-state index contributed by atoms with van der Waals surface area (Å²) in [7, 11) is 1.56. The Hall–Kier alpha value is -2.18. The fourth-order valence-corrected chi connectivity index (χ4v) is 2.19. The van der Waals surface area contributed by atoms with Crippen molar-refractivity contribution in [3.8, 4) is 16.9 Å². The second kappa shape index (κ2) is 6.31. The first-order chi connectivity index (χ1) is 9.67. The van der Waals surface area contributed by atoms with E-state index in [1.54, 1.807) is 25.3 Å². The maximum Gasteiger partial charge on any atom is 0.337 e. The standard InChI is InChI=1S/C14H13NO4S/c1-19-13-5-3-2-4-10(13)9-6-7-12(15-20-18)11(8-9)14(16)17/h2-8,15,18H,1H3,(H,16,17). The first-order valence-electron chi connectivity index (χ1n) is 5.74. The van der Waals surface area contributed by atoms with E-state index in [4.69, 9.17) is 9.29 Å². The van der Waals surface area contributed by atoms with Crippen LogP contribution in [-0.2, 0) is 0 Å². The molecule has 5 nitrogen and oxygen atoms in total. The van der Waals surface area contributed by atoms with E-state index in [2.05, 4.69) is 4.72 Å². The number of methoxy groups -OCH3 is 1. The van der Waals surface area contributed by atoms with Crippen LogP contribution in [0.2, 0.25) is 0 Å². The van der Waals surface area contributed by atoms with Gasteiger partial charge in [0.05, 0.1) is 18.4 Å². The molecule has 0 aliphatic rings. The van der Waals surface area contributed by atoms with Crippen LogP contribution >= 0.6 is 12.2 Å². The zero-order valence-corrected chi connectivity index (χ0v) is 11.5. The SMILES string of the molecule is COc1ccccc1-c1ccc(NSO)c(C(=O)O)c1. The lowest BCUT2D eigenvalue weighted by Crippen LogP contribution is -2.02. The minimum atomic E-state index is -1.07. The third-order valence-electron chi connectivity index (χ3n) is 2.82. The van der Waals surface area contributed by atoms with Gasteiger partial charge in [0, 0.05) is 5.56 Å². The van der Waals surface area contributed by atoms with Crippen molar-refractivity contribution in [3.05, 3.63) is 48.0 Å². The molecule has 0 aliphatic heterocycles. The Labute approximate surface area is 120 Å². The molecule has 3 N–H and O–H groups in total. The van der Waals surface area contributed by atoms with E-state index < -0.39 is 5.97 Å². The number of carboxylic acid groups (broad SMARTS) is 1. The molecule has 0 unspecified atom stereocenters. The summed E-state index contributed by atoms with van der Waals surface area (Å²) in [5.41, 5.74) is 1.95. The van der Waals surface area contributed by atoms with Gasteiger partial charge in [-0.2, -0.15) is 0 Å². The van der Waals surface area contributed by atoms with Crippen LogP contribution in [0.15, 0.2) is 42.5 Å². The maximum atomic E-state index is 11.3. The zero-order valence-electron chi connectivity index (χ0n) is 10.7. The van der Waals surface area contributed by atoms with Crippen molar-refractivity contribution in [2.45, 2.75) is 0 Å². The Morgan fingerprint density at radius 2 is 2.00 bits per heavy atom.